The van der Waals surface area contributed by atoms with Crippen molar-refractivity contribution in [2.75, 3.05) is 12.2 Å². The van der Waals surface area contributed by atoms with Crippen LogP contribution >= 0.6 is 0 Å². The molecule has 0 atom stereocenters. The summed E-state index contributed by atoms with van der Waals surface area (Å²) in [5.74, 6) is 0.203. The SMILES string of the molecule is CON(c1cc(O)cc(C(C)C)c1)c1cccc(O)c1C=O. The van der Waals surface area contributed by atoms with Gasteiger partial charge in [-0.1, -0.05) is 19.9 Å². The molecule has 22 heavy (non-hydrogen) atoms. The van der Waals surface area contributed by atoms with Crippen molar-refractivity contribution in [3.8, 4) is 11.5 Å². The largest absolute Gasteiger partial charge is 0.508 e. The molecular formula is C17H19NO4. The first-order chi connectivity index (χ1) is 10.5. The summed E-state index contributed by atoms with van der Waals surface area (Å²) in [6.45, 7) is 4.03. The molecule has 5 nitrogen and oxygen atoms in total. The standard InChI is InChI=1S/C17H19NO4/c1-11(2)12-7-13(9-14(20)8-12)18(22-3)16-5-4-6-17(21)15(16)10-19/h4-11,20-21H,1-3H3. The van der Waals surface area contributed by atoms with E-state index in [-0.39, 0.29) is 23.0 Å². The first-order valence-electron chi connectivity index (χ1n) is 6.93. The summed E-state index contributed by atoms with van der Waals surface area (Å²) in [6.07, 6.45) is 0.572. The monoisotopic (exact) mass is 301 g/mol. The molecule has 0 heterocycles. The van der Waals surface area contributed by atoms with Gasteiger partial charge < -0.3 is 10.2 Å². The predicted octanol–water partition coefficient (Wildman–Crippen LogP) is 3.73. The van der Waals surface area contributed by atoms with Gasteiger partial charge in [-0.3, -0.25) is 9.63 Å². The fraction of sp³-hybridized carbons (Fsp3) is 0.235. The lowest BCUT2D eigenvalue weighted by atomic mass is 10.0. The van der Waals surface area contributed by atoms with Gasteiger partial charge in [0.2, 0.25) is 0 Å². The van der Waals surface area contributed by atoms with Crippen molar-refractivity contribution in [3.05, 3.63) is 47.5 Å². The maximum absolute atomic E-state index is 11.3. The fourth-order valence-electron chi connectivity index (χ4n) is 2.25. The van der Waals surface area contributed by atoms with Gasteiger partial charge in [0.15, 0.2) is 6.29 Å². The zero-order chi connectivity index (χ0) is 16.3. The molecule has 0 aliphatic rings. The third-order valence-electron chi connectivity index (χ3n) is 3.41. The summed E-state index contributed by atoms with van der Waals surface area (Å²) in [6, 6.07) is 9.80. The van der Waals surface area contributed by atoms with Crippen molar-refractivity contribution in [1.82, 2.24) is 0 Å². The predicted molar refractivity (Wildman–Crippen MR) is 84.8 cm³/mol. The second-order valence-electron chi connectivity index (χ2n) is 5.24. The molecule has 5 heteroatoms. The number of hydrogen-bond acceptors (Lipinski definition) is 5. The van der Waals surface area contributed by atoms with Crippen LogP contribution in [0.15, 0.2) is 36.4 Å². The van der Waals surface area contributed by atoms with Crippen molar-refractivity contribution in [2.45, 2.75) is 19.8 Å². The molecule has 0 spiro atoms. The quantitative estimate of drug-likeness (QED) is 0.650. The molecule has 0 saturated heterocycles. The van der Waals surface area contributed by atoms with Crippen LogP contribution in [0.25, 0.3) is 0 Å². The van der Waals surface area contributed by atoms with Crippen molar-refractivity contribution >= 4 is 17.7 Å². The molecule has 0 fully saturated rings. The zero-order valence-corrected chi connectivity index (χ0v) is 12.8. The molecule has 0 amide bonds. The van der Waals surface area contributed by atoms with Gasteiger partial charge in [0, 0.05) is 6.07 Å². The van der Waals surface area contributed by atoms with Crippen molar-refractivity contribution in [2.24, 2.45) is 0 Å². The number of phenols is 2. The number of benzene rings is 2. The van der Waals surface area contributed by atoms with E-state index in [1.54, 1.807) is 18.2 Å². The first kappa shape index (κ1) is 15.9. The Hall–Kier alpha value is -2.53. The van der Waals surface area contributed by atoms with E-state index in [0.29, 0.717) is 17.7 Å². The maximum Gasteiger partial charge on any atom is 0.155 e. The van der Waals surface area contributed by atoms with E-state index < -0.39 is 0 Å². The lowest BCUT2D eigenvalue weighted by Gasteiger charge is -2.24. The summed E-state index contributed by atoms with van der Waals surface area (Å²) in [4.78, 5) is 16.6. The van der Waals surface area contributed by atoms with Crippen LogP contribution in [0.3, 0.4) is 0 Å². The van der Waals surface area contributed by atoms with Gasteiger partial charge in [0.25, 0.3) is 0 Å². The Morgan fingerprint density at radius 1 is 1.18 bits per heavy atom. The van der Waals surface area contributed by atoms with Gasteiger partial charge in [-0.05, 0) is 35.7 Å². The van der Waals surface area contributed by atoms with Crippen LogP contribution in [0, 0.1) is 0 Å². The average Bonchev–Trinajstić information content (AvgIpc) is 2.47. The molecule has 0 aliphatic carbocycles. The topological polar surface area (TPSA) is 70.0 Å². The Morgan fingerprint density at radius 2 is 1.91 bits per heavy atom. The molecule has 2 rings (SSSR count). The van der Waals surface area contributed by atoms with E-state index in [1.165, 1.54) is 24.3 Å². The third kappa shape index (κ3) is 3.04. The second kappa shape index (κ2) is 6.49. The third-order valence-corrected chi connectivity index (χ3v) is 3.41. The molecule has 116 valence electrons. The van der Waals surface area contributed by atoms with Gasteiger partial charge in [0.1, 0.15) is 11.5 Å². The lowest BCUT2D eigenvalue weighted by Crippen LogP contribution is -2.17. The summed E-state index contributed by atoms with van der Waals surface area (Å²) in [5.41, 5.74) is 2.03. The van der Waals surface area contributed by atoms with E-state index in [0.717, 1.165) is 5.56 Å². The van der Waals surface area contributed by atoms with E-state index in [4.69, 9.17) is 4.84 Å². The number of aldehydes is 1. The number of aromatic hydroxyl groups is 2. The molecule has 2 aromatic carbocycles. The van der Waals surface area contributed by atoms with Crippen LogP contribution in [0.1, 0.15) is 35.7 Å². The van der Waals surface area contributed by atoms with Gasteiger partial charge in [-0.15, -0.1) is 0 Å². The summed E-state index contributed by atoms with van der Waals surface area (Å²) < 4.78 is 0. The Bertz CT molecular complexity index is 682. The number of nitrogens with zero attached hydrogens (tertiary/aromatic N) is 1. The minimum Gasteiger partial charge on any atom is -0.508 e. The van der Waals surface area contributed by atoms with E-state index >= 15 is 0 Å². The molecule has 2 aromatic rings. The van der Waals surface area contributed by atoms with Crippen molar-refractivity contribution < 1.29 is 19.8 Å². The van der Waals surface area contributed by atoms with Crippen LogP contribution in [0.4, 0.5) is 11.4 Å². The van der Waals surface area contributed by atoms with Crippen LogP contribution in [0.2, 0.25) is 0 Å². The summed E-state index contributed by atoms with van der Waals surface area (Å²) >= 11 is 0. The lowest BCUT2D eigenvalue weighted by molar-refractivity contribution is 0.111. The highest BCUT2D eigenvalue weighted by atomic mass is 16.7. The van der Waals surface area contributed by atoms with Gasteiger partial charge in [0.05, 0.1) is 24.0 Å². The highest BCUT2D eigenvalue weighted by Crippen LogP contribution is 2.35. The van der Waals surface area contributed by atoms with Crippen LogP contribution in [-0.4, -0.2) is 23.6 Å². The van der Waals surface area contributed by atoms with Crippen LogP contribution < -0.4 is 5.06 Å². The second-order valence-corrected chi connectivity index (χ2v) is 5.24. The minimum atomic E-state index is -0.126. The van der Waals surface area contributed by atoms with E-state index in [9.17, 15) is 15.0 Å². The van der Waals surface area contributed by atoms with Crippen LogP contribution in [0.5, 0.6) is 11.5 Å². The number of anilines is 2. The number of carbonyl (C=O) groups is 1. The van der Waals surface area contributed by atoms with E-state index in [1.807, 2.05) is 19.9 Å². The summed E-state index contributed by atoms with van der Waals surface area (Å²) in [5, 5.41) is 21.1. The number of phenolic OH excluding ortho intramolecular Hbond substituents is 2. The first-order valence-corrected chi connectivity index (χ1v) is 6.93. The molecule has 0 aliphatic heterocycles. The number of rotatable bonds is 5. The van der Waals surface area contributed by atoms with Crippen LogP contribution in [-0.2, 0) is 4.84 Å². The fourth-order valence-corrected chi connectivity index (χ4v) is 2.25. The molecule has 0 saturated carbocycles. The van der Waals surface area contributed by atoms with Gasteiger partial charge in [-0.25, -0.2) is 5.06 Å². The Kier molecular flexibility index (Phi) is 4.68. The van der Waals surface area contributed by atoms with Gasteiger partial charge >= 0.3 is 0 Å². The maximum atomic E-state index is 11.3. The van der Waals surface area contributed by atoms with Crippen molar-refractivity contribution in [3.63, 3.8) is 0 Å². The Balaban J connectivity index is 2.58. The molecule has 0 bridgehead atoms. The number of hydrogen-bond donors (Lipinski definition) is 2. The molecule has 0 unspecified atom stereocenters. The molecule has 0 aromatic heterocycles. The Labute approximate surface area is 129 Å². The minimum absolute atomic E-state index is 0.107. The highest BCUT2D eigenvalue weighted by Gasteiger charge is 2.17. The highest BCUT2D eigenvalue weighted by molar-refractivity contribution is 5.89. The smallest absolute Gasteiger partial charge is 0.155 e. The van der Waals surface area contributed by atoms with Crippen molar-refractivity contribution in [1.29, 1.82) is 0 Å². The van der Waals surface area contributed by atoms with Gasteiger partial charge in [-0.2, -0.15) is 0 Å². The molecular weight excluding hydrogens is 282 g/mol. The number of carbonyl (C=O) groups excluding carboxylic acids is 1. The molecule has 2 N–H and O–H groups in total. The average molecular weight is 301 g/mol. The van der Waals surface area contributed by atoms with E-state index in [2.05, 4.69) is 0 Å². The normalized spacial score (nSPS) is 10.7. The molecule has 0 radical (unpaired) electrons. The summed E-state index contributed by atoms with van der Waals surface area (Å²) in [7, 11) is 1.46. The zero-order valence-electron chi connectivity index (χ0n) is 12.8. The Morgan fingerprint density at radius 3 is 2.50 bits per heavy atom.